The molecule has 2 atom stereocenters. The zero-order valence-corrected chi connectivity index (χ0v) is 9.52. The fourth-order valence-corrected chi connectivity index (χ4v) is 1.95. The number of primary amides is 1. The maximum atomic E-state index is 11.9. The Hall–Kier alpha value is -1.14. The highest BCUT2D eigenvalue weighted by atomic mass is 16.5. The van der Waals surface area contributed by atoms with Crippen LogP contribution >= 0.6 is 0 Å². The van der Waals surface area contributed by atoms with Crippen molar-refractivity contribution in [2.75, 3.05) is 20.3 Å². The predicted octanol–water partition coefficient (Wildman–Crippen LogP) is -1.17. The smallest absolute Gasteiger partial charge is 0.242 e. The molecular weight excluding hydrogens is 210 g/mol. The zero-order valence-electron chi connectivity index (χ0n) is 9.52. The Morgan fingerprint density at radius 1 is 1.50 bits per heavy atom. The van der Waals surface area contributed by atoms with Crippen LogP contribution in [-0.4, -0.2) is 49.1 Å². The van der Waals surface area contributed by atoms with E-state index in [9.17, 15) is 9.59 Å². The number of nitrogens with two attached hydrogens (primary N) is 2. The fourth-order valence-electron chi connectivity index (χ4n) is 1.95. The molecule has 1 saturated heterocycles. The van der Waals surface area contributed by atoms with Gasteiger partial charge in [0.25, 0.3) is 0 Å². The number of rotatable bonds is 4. The van der Waals surface area contributed by atoms with Crippen LogP contribution in [0.2, 0.25) is 0 Å². The molecule has 0 bridgehead atoms. The molecule has 1 aliphatic heterocycles. The fraction of sp³-hybridized carbons (Fsp3) is 0.800. The van der Waals surface area contributed by atoms with Gasteiger partial charge in [0.05, 0.1) is 6.61 Å². The molecule has 92 valence electrons. The SMILES string of the molecule is COCC(N)C(=O)N1CCCCC1C(N)=O. The number of hydrogen-bond acceptors (Lipinski definition) is 4. The summed E-state index contributed by atoms with van der Waals surface area (Å²) in [7, 11) is 1.48. The molecule has 1 heterocycles. The van der Waals surface area contributed by atoms with Gasteiger partial charge >= 0.3 is 0 Å². The van der Waals surface area contributed by atoms with E-state index in [1.165, 1.54) is 12.0 Å². The van der Waals surface area contributed by atoms with Crippen LogP contribution in [-0.2, 0) is 14.3 Å². The van der Waals surface area contributed by atoms with Crippen molar-refractivity contribution in [3.8, 4) is 0 Å². The molecule has 0 aromatic heterocycles. The minimum absolute atomic E-state index is 0.154. The van der Waals surface area contributed by atoms with Crippen LogP contribution in [0.1, 0.15) is 19.3 Å². The van der Waals surface area contributed by atoms with Crippen molar-refractivity contribution in [1.29, 1.82) is 0 Å². The lowest BCUT2D eigenvalue weighted by Crippen LogP contribution is -2.56. The van der Waals surface area contributed by atoms with Crippen molar-refractivity contribution in [3.05, 3.63) is 0 Å². The van der Waals surface area contributed by atoms with Crippen LogP contribution < -0.4 is 11.5 Å². The van der Waals surface area contributed by atoms with Crippen LogP contribution in [0.3, 0.4) is 0 Å². The average Bonchev–Trinajstić information content (AvgIpc) is 2.28. The van der Waals surface area contributed by atoms with Gasteiger partial charge in [0.15, 0.2) is 0 Å². The van der Waals surface area contributed by atoms with Crippen LogP contribution in [0.5, 0.6) is 0 Å². The normalized spacial score (nSPS) is 22.9. The van der Waals surface area contributed by atoms with Gasteiger partial charge in [-0.05, 0) is 19.3 Å². The largest absolute Gasteiger partial charge is 0.383 e. The average molecular weight is 229 g/mol. The van der Waals surface area contributed by atoms with Crippen molar-refractivity contribution in [3.63, 3.8) is 0 Å². The lowest BCUT2D eigenvalue weighted by atomic mass is 10.0. The van der Waals surface area contributed by atoms with Crippen LogP contribution in [0.4, 0.5) is 0 Å². The number of carbonyl (C=O) groups excluding carboxylic acids is 2. The van der Waals surface area contributed by atoms with E-state index in [4.69, 9.17) is 16.2 Å². The molecule has 1 fully saturated rings. The van der Waals surface area contributed by atoms with Crippen LogP contribution in [0, 0.1) is 0 Å². The molecule has 0 radical (unpaired) electrons. The highest BCUT2D eigenvalue weighted by molar-refractivity contribution is 5.89. The highest BCUT2D eigenvalue weighted by Crippen LogP contribution is 2.17. The Kier molecular flexibility index (Phi) is 4.70. The predicted molar refractivity (Wildman–Crippen MR) is 58.4 cm³/mol. The van der Waals surface area contributed by atoms with Gasteiger partial charge < -0.3 is 21.1 Å². The Morgan fingerprint density at radius 3 is 2.75 bits per heavy atom. The van der Waals surface area contributed by atoms with Crippen LogP contribution in [0.15, 0.2) is 0 Å². The van der Waals surface area contributed by atoms with E-state index in [2.05, 4.69) is 0 Å². The zero-order chi connectivity index (χ0) is 12.1. The monoisotopic (exact) mass is 229 g/mol. The Labute approximate surface area is 94.9 Å². The first-order chi connectivity index (χ1) is 7.57. The topological polar surface area (TPSA) is 98.7 Å². The Balaban J connectivity index is 2.67. The summed E-state index contributed by atoms with van der Waals surface area (Å²) in [6.07, 6.45) is 2.42. The van der Waals surface area contributed by atoms with Gasteiger partial charge in [0.1, 0.15) is 12.1 Å². The van der Waals surface area contributed by atoms with Crippen molar-refractivity contribution in [2.24, 2.45) is 11.5 Å². The second-order valence-corrected chi connectivity index (χ2v) is 4.01. The minimum Gasteiger partial charge on any atom is -0.383 e. The molecule has 0 aliphatic carbocycles. The number of amides is 2. The van der Waals surface area contributed by atoms with Crippen molar-refractivity contribution in [1.82, 2.24) is 4.90 Å². The van der Waals surface area contributed by atoms with E-state index < -0.39 is 18.0 Å². The highest BCUT2D eigenvalue weighted by Gasteiger charge is 2.32. The van der Waals surface area contributed by atoms with Crippen molar-refractivity contribution < 1.29 is 14.3 Å². The first-order valence-corrected chi connectivity index (χ1v) is 5.42. The summed E-state index contributed by atoms with van der Waals surface area (Å²) in [6, 6.07) is -1.23. The number of ether oxygens (including phenoxy) is 1. The third kappa shape index (κ3) is 2.93. The molecule has 0 aromatic carbocycles. The van der Waals surface area contributed by atoms with Crippen LogP contribution in [0.25, 0.3) is 0 Å². The molecule has 0 aromatic rings. The summed E-state index contributed by atoms with van der Waals surface area (Å²) in [5.74, 6) is -0.719. The van der Waals surface area contributed by atoms with E-state index >= 15 is 0 Å². The molecule has 0 saturated carbocycles. The Bertz CT molecular complexity index is 270. The second-order valence-electron chi connectivity index (χ2n) is 4.01. The van der Waals surface area contributed by atoms with Gasteiger partial charge in [-0.3, -0.25) is 9.59 Å². The van der Waals surface area contributed by atoms with Crippen molar-refractivity contribution in [2.45, 2.75) is 31.3 Å². The third-order valence-corrected chi connectivity index (χ3v) is 2.78. The number of methoxy groups -OCH3 is 1. The molecule has 2 unspecified atom stereocenters. The molecule has 0 spiro atoms. The van der Waals surface area contributed by atoms with Gasteiger partial charge in [0.2, 0.25) is 11.8 Å². The number of carbonyl (C=O) groups is 2. The molecule has 2 amide bonds. The third-order valence-electron chi connectivity index (χ3n) is 2.78. The van der Waals surface area contributed by atoms with Gasteiger partial charge in [-0.1, -0.05) is 0 Å². The maximum absolute atomic E-state index is 11.9. The molecule has 4 N–H and O–H groups in total. The standard InChI is InChI=1S/C10H19N3O3/c1-16-6-7(11)10(15)13-5-3-2-4-8(13)9(12)14/h7-8H,2-6,11H2,1H3,(H2,12,14). The molecule has 1 rings (SSSR count). The summed E-state index contributed by atoms with van der Waals surface area (Å²) in [5.41, 5.74) is 10.9. The van der Waals surface area contributed by atoms with E-state index in [-0.39, 0.29) is 12.5 Å². The second kappa shape index (κ2) is 5.81. The minimum atomic E-state index is -0.718. The van der Waals surface area contributed by atoms with Gasteiger partial charge in [-0.15, -0.1) is 0 Å². The number of piperidine rings is 1. The van der Waals surface area contributed by atoms with E-state index in [0.717, 1.165) is 12.8 Å². The number of likely N-dealkylation sites (tertiary alicyclic amines) is 1. The van der Waals surface area contributed by atoms with E-state index in [1.807, 2.05) is 0 Å². The molecule has 6 nitrogen and oxygen atoms in total. The van der Waals surface area contributed by atoms with Gasteiger partial charge in [-0.2, -0.15) is 0 Å². The number of hydrogen-bond donors (Lipinski definition) is 2. The molecule has 16 heavy (non-hydrogen) atoms. The van der Waals surface area contributed by atoms with E-state index in [0.29, 0.717) is 13.0 Å². The first kappa shape index (κ1) is 12.9. The van der Waals surface area contributed by atoms with E-state index in [1.54, 1.807) is 0 Å². The quantitative estimate of drug-likeness (QED) is 0.634. The summed E-state index contributed by atoms with van der Waals surface area (Å²) >= 11 is 0. The summed E-state index contributed by atoms with van der Waals surface area (Å²) < 4.78 is 4.82. The summed E-state index contributed by atoms with van der Waals surface area (Å²) in [4.78, 5) is 24.6. The lowest BCUT2D eigenvalue weighted by molar-refractivity contribution is -0.143. The van der Waals surface area contributed by atoms with Crippen molar-refractivity contribution >= 4 is 11.8 Å². The van der Waals surface area contributed by atoms with Gasteiger partial charge in [-0.25, -0.2) is 0 Å². The molecular formula is C10H19N3O3. The van der Waals surface area contributed by atoms with Gasteiger partial charge in [0, 0.05) is 13.7 Å². The summed E-state index contributed by atoms with van der Waals surface area (Å²) in [5, 5.41) is 0. The maximum Gasteiger partial charge on any atom is 0.242 e. The lowest BCUT2D eigenvalue weighted by Gasteiger charge is -2.35. The Morgan fingerprint density at radius 2 is 2.19 bits per heavy atom. The molecule has 6 heteroatoms. The summed E-state index contributed by atoms with van der Waals surface area (Å²) in [6.45, 7) is 0.699. The first-order valence-electron chi connectivity index (χ1n) is 5.42. The number of nitrogens with zero attached hydrogens (tertiary/aromatic N) is 1. The molecule has 1 aliphatic rings.